The van der Waals surface area contributed by atoms with Crippen LogP contribution >= 0.6 is 0 Å². The summed E-state index contributed by atoms with van der Waals surface area (Å²) < 4.78 is 6.25. The van der Waals surface area contributed by atoms with E-state index in [1.165, 1.54) is 51.4 Å². The molecule has 0 aromatic carbocycles. The van der Waals surface area contributed by atoms with Gasteiger partial charge in [-0.1, -0.05) is 32.1 Å². The third-order valence-electron chi connectivity index (χ3n) is 6.32. The third-order valence-corrected chi connectivity index (χ3v) is 6.32. The van der Waals surface area contributed by atoms with Crippen LogP contribution in [0.4, 0.5) is 0 Å². The Morgan fingerprint density at radius 2 is 1.52 bits per heavy atom. The van der Waals surface area contributed by atoms with Gasteiger partial charge in [0.05, 0.1) is 6.10 Å². The van der Waals surface area contributed by atoms with Crippen LogP contribution < -0.4 is 0 Å². The molecule has 4 atom stereocenters. The molecule has 4 heteroatoms. The minimum absolute atomic E-state index is 0.117. The second-order valence-electron chi connectivity index (χ2n) is 7.78. The summed E-state index contributed by atoms with van der Waals surface area (Å²) >= 11 is 0. The van der Waals surface area contributed by atoms with Crippen LogP contribution in [0.25, 0.3) is 0 Å². The highest BCUT2D eigenvalue weighted by atomic mass is 16.5. The minimum Gasteiger partial charge on any atom is -0.427 e. The zero-order valence-electron chi connectivity index (χ0n) is 13.3. The van der Waals surface area contributed by atoms with Crippen LogP contribution in [0.3, 0.4) is 0 Å². The number of rotatable bonds is 4. The fraction of sp³-hybridized carbons (Fsp3) is 1.00. The molecule has 4 unspecified atom stereocenters. The number of ether oxygens (including phenoxy) is 1. The lowest BCUT2D eigenvalue weighted by atomic mass is 9.57. The van der Waals surface area contributed by atoms with Crippen molar-refractivity contribution >= 4 is 7.12 Å². The zero-order valence-corrected chi connectivity index (χ0v) is 13.3. The van der Waals surface area contributed by atoms with Crippen LogP contribution in [-0.4, -0.2) is 29.9 Å². The molecule has 120 valence electrons. The second-order valence-corrected chi connectivity index (χ2v) is 7.78. The van der Waals surface area contributed by atoms with Crippen molar-refractivity contribution in [3.63, 3.8) is 0 Å². The molecule has 0 aromatic heterocycles. The van der Waals surface area contributed by atoms with Crippen LogP contribution in [0.1, 0.15) is 70.6 Å². The van der Waals surface area contributed by atoms with Gasteiger partial charge in [0.1, 0.15) is 0 Å². The normalized spacial score (nSPS) is 38.0. The predicted molar refractivity (Wildman–Crippen MR) is 84.9 cm³/mol. The Morgan fingerprint density at radius 3 is 2.29 bits per heavy atom. The maximum absolute atomic E-state index is 9.38. The van der Waals surface area contributed by atoms with Crippen molar-refractivity contribution in [3.8, 4) is 0 Å². The molecule has 0 heterocycles. The van der Waals surface area contributed by atoms with Gasteiger partial charge in [0, 0.05) is 6.61 Å². The highest BCUT2D eigenvalue weighted by Gasteiger charge is 2.39. The molecule has 3 saturated carbocycles. The highest BCUT2D eigenvalue weighted by Crippen LogP contribution is 2.46. The topological polar surface area (TPSA) is 49.7 Å². The average Bonchev–Trinajstić information content (AvgIpc) is 2.53. The van der Waals surface area contributed by atoms with Gasteiger partial charge in [-0.05, 0) is 62.1 Å². The lowest BCUT2D eigenvalue weighted by Crippen LogP contribution is -2.37. The van der Waals surface area contributed by atoms with Crippen molar-refractivity contribution in [1.29, 1.82) is 0 Å². The van der Waals surface area contributed by atoms with Gasteiger partial charge in [-0.3, -0.25) is 0 Å². The van der Waals surface area contributed by atoms with E-state index < -0.39 is 7.12 Å². The van der Waals surface area contributed by atoms with Gasteiger partial charge in [0.25, 0.3) is 0 Å². The van der Waals surface area contributed by atoms with Crippen LogP contribution in [0, 0.1) is 17.8 Å². The van der Waals surface area contributed by atoms with Crippen LogP contribution in [0.15, 0.2) is 0 Å². The van der Waals surface area contributed by atoms with Crippen LogP contribution in [0.5, 0.6) is 0 Å². The molecule has 0 bridgehead atoms. The quantitative estimate of drug-likeness (QED) is 0.781. The molecule has 0 aromatic rings. The Morgan fingerprint density at radius 1 is 0.810 bits per heavy atom. The summed E-state index contributed by atoms with van der Waals surface area (Å²) in [5, 5.41) is 18.8. The average molecular weight is 294 g/mol. The van der Waals surface area contributed by atoms with Gasteiger partial charge in [0.15, 0.2) is 0 Å². The molecule has 2 N–H and O–H groups in total. The number of hydrogen-bond acceptors (Lipinski definition) is 3. The van der Waals surface area contributed by atoms with E-state index in [1.54, 1.807) is 0 Å². The van der Waals surface area contributed by atoms with E-state index in [9.17, 15) is 10.0 Å². The summed E-state index contributed by atoms with van der Waals surface area (Å²) in [6.45, 7) is 0.986. The first-order chi connectivity index (χ1) is 10.2. The van der Waals surface area contributed by atoms with Gasteiger partial charge >= 0.3 is 7.12 Å². The lowest BCUT2D eigenvalue weighted by molar-refractivity contribution is -0.0317. The molecular formula is C17H31BO3. The zero-order chi connectivity index (χ0) is 14.7. The maximum Gasteiger partial charge on any atom is 0.454 e. The van der Waals surface area contributed by atoms with Crippen LogP contribution in [0.2, 0.25) is 5.82 Å². The molecule has 0 saturated heterocycles. The van der Waals surface area contributed by atoms with Gasteiger partial charge in [-0.25, -0.2) is 0 Å². The van der Waals surface area contributed by atoms with E-state index in [0.717, 1.165) is 37.7 Å². The van der Waals surface area contributed by atoms with E-state index in [2.05, 4.69) is 0 Å². The van der Waals surface area contributed by atoms with E-state index in [4.69, 9.17) is 4.74 Å². The van der Waals surface area contributed by atoms with Crippen molar-refractivity contribution < 1.29 is 14.8 Å². The summed E-state index contributed by atoms with van der Waals surface area (Å²) in [5.74, 6) is 2.41. The van der Waals surface area contributed by atoms with Gasteiger partial charge < -0.3 is 14.8 Å². The fourth-order valence-electron chi connectivity index (χ4n) is 4.93. The molecule has 3 rings (SSSR count). The fourth-order valence-corrected chi connectivity index (χ4v) is 4.93. The smallest absolute Gasteiger partial charge is 0.427 e. The Kier molecular flexibility index (Phi) is 5.63. The molecule has 0 aliphatic heterocycles. The SMILES string of the molecule is OB(O)C1CCC2CC(OCC3CCCCC3)CCC2C1. The first-order valence-electron chi connectivity index (χ1n) is 9.20. The van der Waals surface area contributed by atoms with Crippen molar-refractivity contribution in [2.45, 2.75) is 82.6 Å². The molecule has 3 fully saturated rings. The number of fused-ring (bicyclic) bond motifs is 1. The molecule has 3 aliphatic carbocycles. The van der Waals surface area contributed by atoms with Crippen molar-refractivity contribution in [2.24, 2.45) is 17.8 Å². The number of hydrogen-bond donors (Lipinski definition) is 2. The predicted octanol–water partition coefficient (Wildman–Crippen LogP) is 3.40. The van der Waals surface area contributed by atoms with Gasteiger partial charge in [-0.2, -0.15) is 0 Å². The Labute approximate surface area is 129 Å². The Hall–Kier alpha value is -0.0551. The minimum atomic E-state index is -1.11. The highest BCUT2D eigenvalue weighted by molar-refractivity contribution is 6.43. The molecule has 21 heavy (non-hydrogen) atoms. The first-order valence-corrected chi connectivity index (χ1v) is 9.20. The molecular weight excluding hydrogens is 263 g/mol. The molecule has 3 nitrogen and oxygen atoms in total. The van der Waals surface area contributed by atoms with Crippen molar-refractivity contribution in [3.05, 3.63) is 0 Å². The van der Waals surface area contributed by atoms with E-state index in [1.807, 2.05) is 0 Å². The Bertz CT molecular complexity index is 317. The van der Waals surface area contributed by atoms with Crippen molar-refractivity contribution in [2.75, 3.05) is 6.61 Å². The van der Waals surface area contributed by atoms with E-state index in [0.29, 0.717) is 12.0 Å². The molecule has 0 spiro atoms. The van der Waals surface area contributed by atoms with Gasteiger partial charge in [0.2, 0.25) is 0 Å². The third kappa shape index (κ3) is 4.23. The monoisotopic (exact) mass is 294 g/mol. The first kappa shape index (κ1) is 15.8. The summed E-state index contributed by atoms with van der Waals surface area (Å²) in [6, 6.07) is 0. The standard InChI is InChI=1S/C17H31BO3/c19-18(20)16-8-6-15-11-17(9-7-14(15)10-16)21-12-13-4-2-1-3-5-13/h13-17,19-20H,1-12H2. The van der Waals surface area contributed by atoms with Gasteiger partial charge in [-0.15, -0.1) is 0 Å². The van der Waals surface area contributed by atoms with E-state index >= 15 is 0 Å². The summed E-state index contributed by atoms with van der Waals surface area (Å²) in [5.41, 5.74) is 0. The maximum atomic E-state index is 9.38. The lowest BCUT2D eigenvalue weighted by Gasteiger charge is -2.42. The summed E-state index contributed by atoms with van der Waals surface area (Å²) in [7, 11) is -1.11. The molecule has 3 aliphatic rings. The van der Waals surface area contributed by atoms with Crippen LogP contribution in [-0.2, 0) is 4.74 Å². The second kappa shape index (κ2) is 7.48. The summed E-state index contributed by atoms with van der Waals surface area (Å²) in [6.07, 6.45) is 14.2. The molecule has 0 radical (unpaired) electrons. The molecule has 0 amide bonds. The Balaban J connectivity index is 1.41. The van der Waals surface area contributed by atoms with Crippen molar-refractivity contribution in [1.82, 2.24) is 0 Å². The largest absolute Gasteiger partial charge is 0.454 e. The summed E-state index contributed by atoms with van der Waals surface area (Å²) in [4.78, 5) is 0. The van der Waals surface area contributed by atoms with E-state index in [-0.39, 0.29) is 5.82 Å².